The fourth-order valence-corrected chi connectivity index (χ4v) is 5.80. The zero-order chi connectivity index (χ0) is 16.7. The normalized spacial score (nSPS) is 28.0. The number of nitrogens with one attached hydrogen (secondary N) is 1. The highest BCUT2D eigenvalue weighted by molar-refractivity contribution is 7.91. The summed E-state index contributed by atoms with van der Waals surface area (Å²) in [6.45, 7) is 0.375. The Kier molecular flexibility index (Phi) is 4.12. The number of carbonyl (C=O) groups is 1. The van der Waals surface area contributed by atoms with E-state index in [1.165, 1.54) is 11.1 Å². The Morgan fingerprint density at radius 2 is 1.96 bits per heavy atom. The summed E-state index contributed by atoms with van der Waals surface area (Å²) in [7, 11) is -2.96. The molecule has 1 aromatic rings. The second-order valence-corrected chi connectivity index (χ2v) is 9.55. The van der Waals surface area contributed by atoms with Crippen LogP contribution in [0.4, 0.5) is 0 Å². The first-order chi connectivity index (χ1) is 11.5. The maximum atomic E-state index is 12.5. The van der Waals surface area contributed by atoms with Crippen molar-refractivity contribution >= 4 is 15.7 Å². The van der Waals surface area contributed by atoms with Crippen molar-refractivity contribution in [1.29, 1.82) is 0 Å². The van der Waals surface area contributed by atoms with Gasteiger partial charge in [0, 0.05) is 18.1 Å². The van der Waals surface area contributed by atoms with Crippen molar-refractivity contribution in [2.45, 2.75) is 50.2 Å². The summed E-state index contributed by atoms with van der Waals surface area (Å²) in [6.07, 6.45) is 5.00. The number of hydrogen-bond donors (Lipinski definition) is 1. The minimum atomic E-state index is -2.96. The van der Waals surface area contributed by atoms with E-state index in [1.807, 2.05) is 0 Å². The molecule has 0 radical (unpaired) electrons. The van der Waals surface area contributed by atoms with Gasteiger partial charge in [-0.3, -0.25) is 9.69 Å². The number of benzene rings is 1. The van der Waals surface area contributed by atoms with Crippen LogP contribution in [0, 0.1) is 0 Å². The Hall–Kier alpha value is -1.40. The average molecular weight is 348 g/mol. The first kappa shape index (κ1) is 16.1. The summed E-state index contributed by atoms with van der Waals surface area (Å²) in [5.41, 5.74) is 2.76. The second-order valence-electron chi connectivity index (χ2n) is 7.32. The van der Waals surface area contributed by atoms with Gasteiger partial charge < -0.3 is 5.32 Å². The molecular weight excluding hydrogens is 324 g/mol. The Balaban J connectivity index is 1.43. The van der Waals surface area contributed by atoms with Crippen molar-refractivity contribution < 1.29 is 13.2 Å². The zero-order valence-corrected chi connectivity index (χ0v) is 14.6. The highest BCUT2D eigenvalue weighted by atomic mass is 32.2. The van der Waals surface area contributed by atoms with Gasteiger partial charge in [0.1, 0.15) is 0 Å². The van der Waals surface area contributed by atoms with Crippen molar-refractivity contribution in [3.63, 3.8) is 0 Å². The molecule has 6 heteroatoms. The standard InChI is InChI=1S/C18H24N2O3S/c21-18(19-14-9-10-24(22,23)12-14)11-20(15-6-7-15)17-8-5-13-3-1-2-4-16(13)17/h1-4,14-15,17H,5-12H2,(H,19,21)/t14-,17-/m1/s1. The van der Waals surface area contributed by atoms with Crippen LogP contribution in [0.3, 0.4) is 0 Å². The lowest BCUT2D eigenvalue weighted by molar-refractivity contribution is -0.123. The van der Waals surface area contributed by atoms with E-state index in [1.54, 1.807) is 0 Å². The molecule has 2 atom stereocenters. The molecule has 24 heavy (non-hydrogen) atoms. The number of nitrogens with zero attached hydrogens (tertiary/aromatic N) is 1. The van der Waals surface area contributed by atoms with Crippen molar-refractivity contribution in [2.75, 3.05) is 18.1 Å². The molecule has 1 saturated heterocycles. The Morgan fingerprint density at radius 1 is 1.17 bits per heavy atom. The average Bonchev–Trinajstić information content (AvgIpc) is 3.21. The number of amides is 1. The van der Waals surface area contributed by atoms with Crippen LogP contribution < -0.4 is 5.32 Å². The molecule has 1 aromatic carbocycles. The van der Waals surface area contributed by atoms with Crippen LogP contribution in [-0.2, 0) is 21.1 Å². The van der Waals surface area contributed by atoms with Gasteiger partial charge in [0.05, 0.1) is 18.1 Å². The van der Waals surface area contributed by atoms with E-state index >= 15 is 0 Å². The van der Waals surface area contributed by atoms with Gasteiger partial charge in [-0.2, -0.15) is 0 Å². The molecule has 3 aliphatic rings. The summed E-state index contributed by atoms with van der Waals surface area (Å²) in [5.74, 6) is 0.253. The smallest absolute Gasteiger partial charge is 0.234 e. The molecular formula is C18H24N2O3S. The zero-order valence-electron chi connectivity index (χ0n) is 13.8. The van der Waals surface area contributed by atoms with Crippen molar-refractivity contribution in [1.82, 2.24) is 10.2 Å². The first-order valence-corrected chi connectivity index (χ1v) is 10.7. The van der Waals surface area contributed by atoms with Crippen LogP contribution in [0.1, 0.15) is 42.9 Å². The molecule has 1 aliphatic heterocycles. The largest absolute Gasteiger partial charge is 0.351 e. The van der Waals surface area contributed by atoms with Gasteiger partial charge in [-0.05, 0) is 43.2 Å². The Labute approximate surface area is 143 Å². The van der Waals surface area contributed by atoms with Crippen LogP contribution in [0.2, 0.25) is 0 Å². The summed E-state index contributed by atoms with van der Waals surface area (Å²) in [4.78, 5) is 14.8. The lowest BCUT2D eigenvalue weighted by atomic mass is 10.1. The SMILES string of the molecule is O=C(CN(C1CC1)[C@@H]1CCc2ccccc21)N[C@@H]1CCS(=O)(=O)C1. The van der Waals surface area contributed by atoms with Crippen LogP contribution in [-0.4, -0.2) is 49.4 Å². The molecule has 0 aromatic heterocycles. The number of hydrogen-bond acceptors (Lipinski definition) is 4. The van der Waals surface area contributed by atoms with Crippen LogP contribution in [0.15, 0.2) is 24.3 Å². The summed E-state index contributed by atoms with van der Waals surface area (Å²) in [6, 6.07) is 9.14. The van der Waals surface area contributed by atoms with Crippen molar-refractivity contribution in [3.05, 3.63) is 35.4 Å². The van der Waals surface area contributed by atoms with Crippen molar-refractivity contribution in [2.24, 2.45) is 0 Å². The van der Waals surface area contributed by atoms with E-state index in [2.05, 4.69) is 34.5 Å². The predicted octanol–water partition coefficient (Wildman–Crippen LogP) is 1.44. The van der Waals surface area contributed by atoms with Crippen LogP contribution >= 0.6 is 0 Å². The van der Waals surface area contributed by atoms with Gasteiger partial charge in [0.15, 0.2) is 9.84 Å². The number of carbonyl (C=O) groups excluding carboxylic acids is 1. The monoisotopic (exact) mass is 348 g/mol. The first-order valence-electron chi connectivity index (χ1n) is 8.85. The minimum Gasteiger partial charge on any atom is -0.351 e. The maximum absolute atomic E-state index is 12.5. The fraction of sp³-hybridized carbons (Fsp3) is 0.611. The number of sulfone groups is 1. The number of aryl methyl sites for hydroxylation is 1. The van der Waals surface area contributed by atoms with Gasteiger partial charge in [0.25, 0.3) is 0 Å². The molecule has 0 unspecified atom stereocenters. The molecule has 1 N–H and O–H groups in total. The summed E-state index contributed by atoms with van der Waals surface area (Å²) >= 11 is 0. The van der Waals surface area contributed by atoms with Crippen LogP contribution in [0.25, 0.3) is 0 Å². The molecule has 1 amide bonds. The van der Waals surface area contributed by atoms with E-state index in [0.717, 1.165) is 25.7 Å². The molecule has 1 saturated carbocycles. The number of fused-ring (bicyclic) bond motifs is 1. The highest BCUT2D eigenvalue weighted by Crippen LogP contribution is 2.41. The third-order valence-corrected chi connectivity index (χ3v) is 7.21. The molecule has 130 valence electrons. The number of rotatable bonds is 5. The van der Waals surface area contributed by atoms with Gasteiger partial charge in [0.2, 0.25) is 5.91 Å². The maximum Gasteiger partial charge on any atom is 0.234 e. The fourth-order valence-electron chi connectivity index (χ4n) is 4.13. The quantitative estimate of drug-likeness (QED) is 0.874. The highest BCUT2D eigenvalue weighted by Gasteiger charge is 2.39. The summed E-state index contributed by atoms with van der Waals surface area (Å²) in [5, 5.41) is 2.94. The molecule has 0 bridgehead atoms. The molecule has 4 rings (SSSR count). The van der Waals surface area contributed by atoms with E-state index < -0.39 is 9.84 Å². The van der Waals surface area contributed by atoms with E-state index in [-0.39, 0.29) is 23.5 Å². The third kappa shape index (κ3) is 3.35. The second kappa shape index (κ2) is 6.15. The molecule has 0 spiro atoms. The molecule has 5 nitrogen and oxygen atoms in total. The topological polar surface area (TPSA) is 66.5 Å². The van der Waals surface area contributed by atoms with E-state index in [4.69, 9.17) is 0 Å². The minimum absolute atomic E-state index is 0.0339. The third-order valence-electron chi connectivity index (χ3n) is 5.44. The lowest BCUT2D eigenvalue weighted by Gasteiger charge is -2.29. The predicted molar refractivity (Wildman–Crippen MR) is 92.4 cm³/mol. The van der Waals surface area contributed by atoms with Gasteiger partial charge in [-0.1, -0.05) is 24.3 Å². The lowest BCUT2D eigenvalue weighted by Crippen LogP contribution is -2.44. The Morgan fingerprint density at radius 3 is 2.67 bits per heavy atom. The molecule has 1 heterocycles. The van der Waals surface area contributed by atoms with Gasteiger partial charge in [-0.15, -0.1) is 0 Å². The van der Waals surface area contributed by atoms with Crippen molar-refractivity contribution in [3.8, 4) is 0 Å². The summed E-state index contributed by atoms with van der Waals surface area (Å²) < 4.78 is 23.1. The molecule has 2 aliphatic carbocycles. The van der Waals surface area contributed by atoms with Gasteiger partial charge >= 0.3 is 0 Å². The Bertz CT molecular complexity index is 742. The van der Waals surface area contributed by atoms with Crippen LogP contribution in [0.5, 0.6) is 0 Å². The van der Waals surface area contributed by atoms with Gasteiger partial charge in [-0.25, -0.2) is 8.42 Å². The van der Waals surface area contributed by atoms with E-state index in [0.29, 0.717) is 25.0 Å². The van der Waals surface area contributed by atoms with E-state index in [9.17, 15) is 13.2 Å². The molecule has 2 fully saturated rings.